The molecule has 0 N–H and O–H groups in total. The van der Waals surface area contributed by atoms with Gasteiger partial charge in [-0.3, -0.25) is 0 Å². The summed E-state index contributed by atoms with van der Waals surface area (Å²) in [7, 11) is 0. The molecule has 0 atom stereocenters. The Morgan fingerprint density at radius 2 is 1.33 bits per heavy atom. The van der Waals surface area contributed by atoms with Crippen LogP contribution in [-0.2, 0) is 6.42 Å². The Labute approximate surface area is 109 Å². The van der Waals surface area contributed by atoms with Gasteiger partial charge in [-0.2, -0.15) is 0 Å². The molecule has 94 valence electrons. The van der Waals surface area contributed by atoms with E-state index in [0.717, 1.165) is 12.2 Å². The van der Waals surface area contributed by atoms with Crippen molar-refractivity contribution in [3.63, 3.8) is 0 Å². The lowest BCUT2D eigenvalue weighted by atomic mass is 10.0. The van der Waals surface area contributed by atoms with E-state index in [1.807, 2.05) is 19.1 Å². The van der Waals surface area contributed by atoms with Gasteiger partial charge in [0.1, 0.15) is 5.75 Å². The third-order valence-corrected chi connectivity index (χ3v) is 2.99. The Morgan fingerprint density at radius 3 is 1.83 bits per heavy atom. The molecule has 0 heterocycles. The normalized spacial score (nSPS) is 10.3. The van der Waals surface area contributed by atoms with Gasteiger partial charge in [0.05, 0.1) is 6.61 Å². The van der Waals surface area contributed by atoms with E-state index < -0.39 is 0 Å². The number of rotatable bonds is 5. The zero-order chi connectivity index (χ0) is 12.8. The van der Waals surface area contributed by atoms with Crippen molar-refractivity contribution in [2.24, 2.45) is 0 Å². The highest BCUT2D eigenvalue weighted by molar-refractivity contribution is 5.64. The molecule has 1 nitrogen and oxygen atoms in total. The van der Waals surface area contributed by atoms with Crippen molar-refractivity contribution in [1.29, 1.82) is 0 Å². The largest absolute Gasteiger partial charge is 0.494 e. The first-order valence-electron chi connectivity index (χ1n) is 6.65. The molecule has 0 aromatic heterocycles. The number of aryl methyl sites for hydroxylation is 1. The summed E-state index contributed by atoms with van der Waals surface area (Å²) < 4.78 is 5.45. The first kappa shape index (κ1) is 12.7. The lowest BCUT2D eigenvalue weighted by molar-refractivity contribution is 0.340. The zero-order valence-electron chi connectivity index (χ0n) is 11.1. The van der Waals surface area contributed by atoms with Gasteiger partial charge >= 0.3 is 0 Å². The fraction of sp³-hybridized carbons (Fsp3) is 0.294. The minimum atomic E-state index is 0.713. The number of benzene rings is 2. The van der Waals surface area contributed by atoms with Gasteiger partial charge < -0.3 is 4.74 Å². The van der Waals surface area contributed by atoms with Crippen molar-refractivity contribution < 1.29 is 4.74 Å². The van der Waals surface area contributed by atoms with Crippen LogP contribution in [0.3, 0.4) is 0 Å². The lowest BCUT2D eigenvalue weighted by Crippen LogP contribution is -1.90. The fourth-order valence-corrected chi connectivity index (χ4v) is 2.06. The second kappa shape index (κ2) is 6.25. The molecular weight excluding hydrogens is 220 g/mol. The van der Waals surface area contributed by atoms with E-state index in [1.54, 1.807) is 0 Å². The molecule has 2 rings (SSSR count). The Balaban J connectivity index is 2.15. The molecule has 0 aliphatic heterocycles. The molecule has 2 aromatic carbocycles. The third kappa shape index (κ3) is 3.13. The molecule has 2 aromatic rings. The molecule has 0 spiro atoms. The van der Waals surface area contributed by atoms with Crippen LogP contribution in [0.4, 0.5) is 0 Å². The molecule has 0 saturated carbocycles. The van der Waals surface area contributed by atoms with Crippen molar-refractivity contribution in [2.45, 2.75) is 26.7 Å². The van der Waals surface area contributed by atoms with Crippen LogP contribution in [0.1, 0.15) is 25.8 Å². The van der Waals surface area contributed by atoms with E-state index in [1.165, 1.54) is 23.1 Å². The molecule has 0 unspecified atom stereocenters. The predicted molar refractivity (Wildman–Crippen MR) is 77.0 cm³/mol. The smallest absolute Gasteiger partial charge is 0.119 e. The maximum atomic E-state index is 5.45. The van der Waals surface area contributed by atoms with Crippen LogP contribution in [0, 0.1) is 0 Å². The molecule has 0 amide bonds. The Bertz CT molecular complexity index is 420. The van der Waals surface area contributed by atoms with Crippen LogP contribution in [-0.4, -0.2) is 6.61 Å². The summed E-state index contributed by atoms with van der Waals surface area (Å²) in [5, 5.41) is 0. The maximum Gasteiger partial charge on any atom is 0.119 e. The predicted octanol–water partition coefficient (Wildman–Crippen LogP) is 4.70. The fourth-order valence-electron chi connectivity index (χ4n) is 2.06. The first-order chi connectivity index (χ1) is 8.83. The topological polar surface area (TPSA) is 9.23 Å². The first-order valence-corrected chi connectivity index (χ1v) is 6.65. The van der Waals surface area contributed by atoms with E-state index in [4.69, 9.17) is 4.74 Å². The maximum absolute atomic E-state index is 5.45. The van der Waals surface area contributed by atoms with Gasteiger partial charge in [-0.15, -0.1) is 0 Å². The molecule has 1 heteroatoms. The van der Waals surface area contributed by atoms with Crippen LogP contribution in [0.25, 0.3) is 11.1 Å². The molecule has 0 fully saturated rings. The average Bonchev–Trinajstić information content (AvgIpc) is 2.41. The minimum Gasteiger partial charge on any atom is -0.494 e. The van der Waals surface area contributed by atoms with E-state index in [9.17, 15) is 0 Å². The van der Waals surface area contributed by atoms with Gasteiger partial charge in [0.25, 0.3) is 0 Å². The van der Waals surface area contributed by atoms with Gasteiger partial charge in [0.15, 0.2) is 0 Å². The summed E-state index contributed by atoms with van der Waals surface area (Å²) in [5.74, 6) is 0.934. The second-order valence-corrected chi connectivity index (χ2v) is 4.40. The average molecular weight is 240 g/mol. The van der Waals surface area contributed by atoms with Crippen molar-refractivity contribution in [3.05, 3.63) is 54.1 Å². The summed E-state index contributed by atoms with van der Waals surface area (Å²) in [6, 6.07) is 17.1. The van der Waals surface area contributed by atoms with Gasteiger partial charge in [-0.1, -0.05) is 49.7 Å². The molecule has 0 saturated heterocycles. The quantitative estimate of drug-likeness (QED) is 0.735. The number of hydrogen-bond donors (Lipinski definition) is 0. The van der Waals surface area contributed by atoms with E-state index in [0.29, 0.717) is 6.61 Å². The Hall–Kier alpha value is -1.76. The third-order valence-electron chi connectivity index (χ3n) is 2.99. The van der Waals surface area contributed by atoms with Gasteiger partial charge in [-0.25, -0.2) is 0 Å². The standard InChI is InChI=1S/C17H20O/c1-3-5-14-6-8-15(9-7-14)16-10-12-17(13-11-16)18-4-2/h6-13H,3-5H2,1-2H3. The summed E-state index contributed by atoms with van der Waals surface area (Å²) in [6.07, 6.45) is 2.35. The second-order valence-electron chi connectivity index (χ2n) is 4.40. The van der Waals surface area contributed by atoms with Crippen LogP contribution in [0.2, 0.25) is 0 Å². The summed E-state index contributed by atoms with van der Waals surface area (Å²) in [4.78, 5) is 0. The van der Waals surface area contributed by atoms with Crippen molar-refractivity contribution >= 4 is 0 Å². The monoisotopic (exact) mass is 240 g/mol. The highest BCUT2D eigenvalue weighted by Gasteiger charge is 1.99. The van der Waals surface area contributed by atoms with Gasteiger partial charge in [-0.05, 0) is 42.2 Å². The Morgan fingerprint density at radius 1 is 0.778 bits per heavy atom. The van der Waals surface area contributed by atoms with Crippen LogP contribution in [0.15, 0.2) is 48.5 Å². The highest BCUT2D eigenvalue weighted by Crippen LogP contribution is 2.23. The molecular formula is C17H20O. The molecule has 0 bridgehead atoms. The summed E-state index contributed by atoms with van der Waals surface area (Å²) in [6.45, 7) is 4.92. The Kier molecular flexibility index (Phi) is 4.40. The molecule has 0 radical (unpaired) electrons. The zero-order valence-corrected chi connectivity index (χ0v) is 11.1. The molecule has 0 aliphatic rings. The number of hydrogen-bond acceptors (Lipinski definition) is 1. The highest BCUT2D eigenvalue weighted by atomic mass is 16.5. The summed E-state index contributed by atoms with van der Waals surface area (Å²) >= 11 is 0. The SMILES string of the molecule is CCCc1ccc(-c2ccc(OCC)cc2)cc1. The van der Waals surface area contributed by atoms with Crippen LogP contribution in [0.5, 0.6) is 5.75 Å². The van der Waals surface area contributed by atoms with E-state index in [-0.39, 0.29) is 0 Å². The van der Waals surface area contributed by atoms with E-state index >= 15 is 0 Å². The minimum absolute atomic E-state index is 0.713. The van der Waals surface area contributed by atoms with Crippen molar-refractivity contribution in [3.8, 4) is 16.9 Å². The van der Waals surface area contributed by atoms with Gasteiger partial charge in [0, 0.05) is 0 Å². The number of ether oxygens (including phenoxy) is 1. The van der Waals surface area contributed by atoms with Crippen LogP contribution >= 0.6 is 0 Å². The molecule has 18 heavy (non-hydrogen) atoms. The molecule has 0 aliphatic carbocycles. The summed E-state index contributed by atoms with van der Waals surface area (Å²) in [5.41, 5.74) is 3.91. The van der Waals surface area contributed by atoms with Crippen LogP contribution < -0.4 is 4.74 Å². The lowest BCUT2D eigenvalue weighted by Gasteiger charge is -2.06. The van der Waals surface area contributed by atoms with Crippen molar-refractivity contribution in [1.82, 2.24) is 0 Å². The van der Waals surface area contributed by atoms with E-state index in [2.05, 4.69) is 43.3 Å². The van der Waals surface area contributed by atoms with Crippen molar-refractivity contribution in [2.75, 3.05) is 6.61 Å². The van der Waals surface area contributed by atoms with Gasteiger partial charge in [0.2, 0.25) is 0 Å².